The summed E-state index contributed by atoms with van der Waals surface area (Å²) in [6.45, 7) is 13.9. The van der Waals surface area contributed by atoms with Crippen LogP contribution in [0.2, 0.25) is 0 Å². The molecule has 1 aromatic carbocycles. The fourth-order valence-electron chi connectivity index (χ4n) is 3.46. The van der Waals surface area contributed by atoms with Crippen molar-refractivity contribution in [2.75, 3.05) is 0 Å². The largest absolute Gasteiger partial charge is 0.714 e. The van der Waals surface area contributed by atoms with Gasteiger partial charge in [0.15, 0.2) is 11.1 Å². The summed E-state index contributed by atoms with van der Waals surface area (Å²) in [6, 6.07) is 6.41. The molecule has 0 saturated carbocycles. The zero-order valence-corrected chi connectivity index (χ0v) is 17.7. The minimum absolute atomic E-state index is 0.0246. The molecule has 0 unspecified atom stereocenters. The van der Waals surface area contributed by atoms with E-state index in [1.807, 2.05) is 0 Å². The van der Waals surface area contributed by atoms with Gasteiger partial charge in [0.05, 0.1) is 11.1 Å². The summed E-state index contributed by atoms with van der Waals surface area (Å²) in [5.41, 5.74) is -2.74. The van der Waals surface area contributed by atoms with Crippen molar-refractivity contribution in [3.8, 4) is 0 Å². The first-order valence-electron chi connectivity index (χ1n) is 9.34. The third-order valence-electron chi connectivity index (χ3n) is 7.20. The molecule has 8 nitrogen and oxygen atoms in total. The summed E-state index contributed by atoms with van der Waals surface area (Å²) < 4.78 is 1.48. The van der Waals surface area contributed by atoms with Crippen molar-refractivity contribution < 1.29 is 19.9 Å². The van der Waals surface area contributed by atoms with E-state index in [0.29, 0.717) is 11.1 Å². The average Bonchev–Trinajstić information content (AvgIpc) is 2.80. The molecule has 28 heavy (non-hydrogen) atoms. The van der Waals surface area contributed by atoms with Gasteiger partial charge in [0, 0.05) is 10.4 Å². The minimum atomic E-state index is -0.908. The van der Waals surface area contributed by atoms with Gasteiger partial charge in [0.25, 0.3) is 0 Å². The standard InChI is InChI=1S/C20H28N4O4/c1-17(2)18(3,4)22(26)15(21(17)25)13-9-11-14(12-10-13)16-23(27)19(5,6)20(7,8)24(16)28/h9-12H,1-8H3. The molecular weight excluding hydrogens is 360 g/mol. The molecule has 0 aliphatic carbocycles. The molecule has 2 aliphatic rings. The number of hydrogen-bond donors (Lipinski definition) is 0. The maximum absolute atomic E-state index is 12.8. The van der Waals surface area contributed by atoms with Crippen LogP contribution in [0.1, 0.15) is 66.5 Å². The number of hydrogen-bond acceptors (Lipinski definition) is 4. The monoisotopic (exact) mass is 388 g/mol. The quantitative estimate of drug-likeness (QED) is 0.574. The Labute approximate surface area is 165 Å². The molecular formula is C20H28N4O4. The second-order valence-electron chi connectivity index (χ2n) is 9.64. The van der Waals surface area contributed by atoms with Gasteiger partial charge < -0.3 is 10.4 Å². The van der Waals surface area contributed by atoms with Gasteiger partial charge in [0.1, 0.15) is 11.1 Å². The Morgan fingerprint density at radius 1 is 0.643 bits per heavy atom. The van der Waals surface area contributed by atoms with Gasteiger partial charge in [-0.05, 0) is 79.7 Å². The van der Waals surface area contributed by atoms with Crippen molar-refractivity contribution in [2.45, 2.75) is 77.5 Å². The van der Waals surface area contributed by atoms with Crippen molar-refractivity contribution in [3.63, 3.8) is 0 Å². The molecule has 0 bridgehead atoms. The number of amidine groups is 2. The summed E-state index contributed by atoms with van der Waals surface area (Å²) in [6.07, 6.45) is 0. The van der Waals surface area contributed by atoms with Crippen LogP contribution in [-0.2, 0) is 10.4 Å². The Balaban J connectivity index is 2.05. The van der Waals surface area contributed by atoms with Crippen LogP contribution >= 0.6 is 0 Å². The van der Waals surface area contributed by atoms with Crippen molar-refractivity contribution in [2.24, 2.45) is 0 Å². The fourth-order valence-corrected chi connectivity index (χ4v) is 3.46. The van der Waals surface area contributed by atoms with Crippen LogP contribution in [-0.4, -0.2) is 53.4 Å². The van der Waals surface area contributed by atoms with E-state index in [1.165, 1.54) is 0 Å². The average molecular weight is 388 g/mol. The van der Waals surface area contributed by atoms with E-state index in [9.17, 15) is 20.8 Å². The predicted molar refractivity (Wildman–Crippen MR) is 103 cm³/mol. The molecule has 8 heteroatoms. The maximum Gasteiger partial charge on any atom is 0.316 e. The molecule has 1 aromatic rings. The Morgan fingerprint density at radius 2 is 0.893 bits per heavy atom. The Hall–Kier alpha value is -2.32. The molecule has 0 spiro atoms. The van der Waals surface area contributed by atoms with Crippen LogP contribution in [0.5, 0.6) is 0 Å². The van der Waals surface area contributed by atoms with Crippen molar-refractivity contribution in [1.29, 1.82) is 0 Å². The van der Waals surface area contributed by atoms with Crippen LogP contribution < -0.4 is 0 Å². The SMILES string of the molecule is CC1(C)N([O])C(c2ccc(C3=[N+]([O-])C(C)(C)C(C)(C)N3[O])cc2)=[N+]([O-])C1(C)C. The lowest BCUT2D eigenvalue weighted by atomic mass is 9.84. The van der Waals surface area contributed by atoms with Crippen LogP contribution in [0, 0.1) is 10.4 Å². The van der Waals surface area contributed by atoms with Gasteiger partial charge in [-0.2, -0.15) is 0 Å². The third-order valence-corrected chi connectivity index (χ3v) is 7.20. The molecule has 3 rings (SSSR count). The van der Waals surface area contributed by atoms with Crippen LogP contribution in [0.15, 0.2) is 24.3 Å². The van der Waals surface area contributed by atoms with Crippen molar-refractivity contribution in [1.82, 2.24) is 10.1 Å². The van der Waals surface area contributed by atoms with Gasteiger partial charge in [-0.1, -0.05) is 10.1 Å². The molecule has 0 N–H and O–H groups in total. The minimum Gasteiger partial charge on any atom is -0.714 e. The second-order valence-corrected chi connectivity index (χ2v) is 9.64. The highest BCUT2D eigenvalue weighted by Gasteiger charge is 2.61. The Kier molecular flexibility index (Phi) is 4.09. The number of nitrogens with zero attached hydrogens (tertiary/aromatic N) is 4. The fraction of sp³-hybridized carbons (Fsp3) is 0.600. The van der Waals surface area contributed by atoms with E-state index < -0.39 is 22.2 Å². The lowest BCUT2D eigenvalue weighted by molar-refractivity contribution is -0.540. The molecule has 0 aromatic heterocycles. The number of benzene rings is 1. The van der Waals surface area contributed by atoms with Gasteiger partial charge >= 0.3 is 11.7 Å². The first kappa shape index (κ1) is 20.4. The molecule has 0 saturated heterocycles. The Morgan fingerprint density at radius 3 is 1.07 bits per heavy atom. The van der Waals surface area contributed by atoms with E-state index in [0.717, 1.165) is 19.6 Å². The zero-order chi connectivity index (χ0) is 21.4. The van der Waals surface area contributed by atoms with Crippen molar-refractivity contribution >= 4 is 11.7 Å². The van der Waals surface area contributed by atoms with Crippen LogP contribution in [0.4, 0.5) is 0 Å². The summed E-state index contributed by atoms with van der Waals surface area (Å²) in [5, 5.41) is 52.6. The van der Waals surface area contributed by atoms with Gasteiger partial charge in [-0.3, -0.25) is 9.48 Å². The lowest BCUT2D eigenvalue weighted by Gasteiger charge is -2.32. The third kappa shape index (κ3) is 2.24. The highest BCUT2D eigenvalue weighted by molar-refractivity contribution is 5.99. The highest BCUT2D eigenvalue weighted by Crippen LogP contribution is 2.39. The lowest BCUT2D eigenvalue weighted by Crippen LogP contribution is -2.53. The Bertz CT molecular complexity index is 809. The summed E-state index contributed by atoms with van der Waals surface area (Å²) >= 11 is 0. The first-order chi connectivity index (χ1) is 12.6. The molecule has 0 amide bonds. The van der Waals surface area contributed by atoms with Crippen LogP contribution in [0.25, 0.3) is 0 Å². The van der Waals surface area contributed by atoms with E-state index in [4.69, 9.17) is 0 Å². The topological polar surface area (TPSA) is 98.4 Å². The molecule has 0 atom stereocenters. The summed E-state index contributed by atoms with van der Waals surface area (Å²) in [4.78, 5) is 0. The van der Waals surface area contributed by atoms with Crippen LogP contribution in [0.3, 0.4) is 0 Å². The number of hydroxylamine groups is 6. The van der Waals surface area contributed by atoms with E-state index >= 15 is 0 Å². The van der Waals surface area contributed by atoms with E-state index in [1.54, 1.807) is 79.7 Å². The predicted octanol–water partition coefficient (Wildman–Crippen LogP) is 2.64. The molecule has 0 fully saturated rings. The maximum atomic E-state index is 12.8. The number of rotatable bonds is 2. The molecule has 2 radical (unpaired) electrons. The first-order valence-corrected chi connectivity index (χ1v) is 9.34. The highest BCUT2D eigenvalue weighted by atomic mass is 16.5. The van der Waals surface area contributed by atoms with Gasteiger partial charge in [-0.15, -0.1) is 0 Å². The normalized spacial score (nSPS) is 25.1. The molecule has 2 aliphatic heterocycles. The molecule has 152 valence electrons. The van der Waals surface area contributed by atoms with Gasteiger partial charge in [0.2, 0.25) is 0 Å². The smallest absolute Gasteiger partial charge is 0.316 e. The van der Waals surface area contributed by atoms with Gasteiger partial charge in [-0.25, -0.2) is 0 Å². The van der Waals surface area contributed by atoms with E-state index in [2.05, 4.69) is 0 Å². The summed E-state index contributed by atoms with van der Waals surface area (Å²) in [5.74, 6) is 0.0492. The summed E-state index contributed by atoms with van der Waals surface area (Å²) in [7, 11) is 0. The molecule has 2 heterocycles. The van der Waals surface area contributed by atoms with Crippen molar-refractivity contribution in [3.05, 3.63) is 45.8 Å². The second kappa shape index (κ2) is 5.61. The zero-order valence-electron chi connectivity index (χ0n) is 17.7. The van der Waals surface area contributed by atoms with E-state index in [-0.39, 0.29) is 11.7 Å².